The molecule has 3 nitrogen and oxygen atoms in total. The summed E-state index contributed by atoms with van der Waals surface area (Å²) in [6.45, 7) is 30.8. The lowest BCUT2D eigenvalue weighted by Crippen LogP contribution is -2.43. The zero-order valence-electron chi connectivity index (χ0n) is 25.7. The predicted molar refractivity (Wildman–Crippen MR) is 148 cm³/mol. The first-order valence-corrected chi connectivity index (χ1v) is 14.2. The first-order valence-electron chi connectivity index (χ1n) is 14.2. The summed E-state index contributed by atoms with van der Waals surface area (Å²) >= 11 is 0. The van der Waals surface area contributed by atoms with Crippen LogP contribution in [-0.4, -0.2) is 17.3 Å². The summed E-state index contributed by atoms with van der Waals surface area (Å²) in [4.78, 5) is 34.4. The second kappa shape index (κ2) is 11.6. The van der Waals surface area contributed by atoms with Gasteiger partial charge in [0, 0.05) is 37.5 Å². The molecule has 0 aromatic carbocycles. The van der Waals surface area contributed by atoms with Gasteiger partial charge in [0.1, 0.15) is 17.3 Å². The second-order valence-corrected chi connectivity index (χ2v) is 14.7. The van der Waals surface area contributed by atoms with E-state index in [1.165, 1.54) is 0 Å². The molecular weight excluding hydrogens is 432 g/mol. The van der Waals surface area contributed by atoms with Crippen LogP contribution in [0.2, 0.25) is 0 Å². The lowest BCUT2D eigenvalue weighted by Gasteiger charge is -2.44. The Labute approximate surface area is 218 Å². The molecule has 3 heteroatoms. The van der Waals surface area contributed by atoms with Gasteiger partial charge in [-0.3, -0.25) is 14.4 Å². The standard InChI is InChI=1S/2C11H20O.C10H18O/c1-7-8(2)10(12)6-11(4,5)9(7)3;1-7-6-10(12)9(3)11(4,5)8(7)2;1-7-5-9(11)6-10(3,4)8(7)2/h2*7-9H,6H2,1-5H3;7-8H,5-6H2,1-4H3. The summed E-state index contributed by atoms with van der Waals surface area (Å²) in [6.07, 6.45) is 3.12. The second-order valence-electron chi connectivity index (χ2n) is 14.7. The Kier molecular flexibility index (Phi) is 10.6. The van der Waals surface area contributed by atoms with E-state index in [0.717, 1.165) is 25.7 Å². The zero-order valence-corrected chi connectivity index (χ0v) is 25.7. The van der Waals surface area contributed by atoms with E-state index in [0.29, 0.717) is 52.9 Å². The maximum Gasteiger partial charge on any atom is 0.136 e. The summed E-state index contributed by atoms with van der Waals surface area (Å²) in [5, 5.41) is 0. The van der Waals surface area contributed by atoms with Gasteiger partial charge in [0.05, 0.1) is 0 Å². The fraction of sp³-hybridized carbons (Fsp3) is 0.906. The predicted octanol–water partition coefficient (Wildman–Crippen LogP) is 8.44. The molecule has 0 saturated heterocycles. The van der Waals surface area contributed by atoms with Gasteiger partial charge < -0.3 is 0 Å². The highest BCUT2D eigenvalue weighted by molar-refractivity contribution is 5.83. The van der Waals surface area contributed by atoms with Crippen molar-refractivity contribution in [1.82, 2.24) is 0 Å². The van der Waals surface area contributed by atoms with Crippen LogP contribution in [0.4, 0.5) is 0 Å². The Hall–Kier alpha value is -0.990. The van der Waals surface area contributed by atoms with Crippen molar-refractivity contribution in [2.45, 2.75) is 123 Å². The fourth-order valence-corrected chi connectivity index (χ4v) is 6.47. The van der Waals surface area contributed by atoms with Crippen LogP contribution in [0.5, 0.6) is 0 Å². The minimum absolute atomic E-state index is 0.189. The van der Waals surface area contributed by atoms with Gasteiger partial charge in [0.15, 0.2) is 0 Å². The summed E-state index contributed by atoms with van der Waals surface area (Å²) in [5.74, 6) is 5.53. The third kappa shape index (κ3) is 7.51. The molecule has 0 spiro atoms. The molecular formula is C32H58O3. The summed E-state index contributed by atoms with van der Waals surface area (Å²) in [5.41, 5.74) is 0.631. The third-order valence-electron chi connectivity index (χ3n) is 11.4. The van der Waals surface area contributed by atoms with Crippen LogP contribution in [0.25, 0.3) is 0 Å². The van der Waals surface area contributed by atoms with Gasteiger partial charge in [-0.2, -0.15) is 0 Å². The summed E-state index contributed by atoms with van der Waals surface area (Å²) in [6, 6.07) is 0. The van der Waals surface area contributed by atoms with Crippen LogP contribution in [-0.2, 0) is 14.4 Å². The van der Waals surface area contributed by atoms with E-state index in [9.17, 15) is 14.4 Å². The van der Waals surface area contributed by atoms with Gasteiger partial charge in [-0.1, -0.05) is 96.9 Å². The van der Waals surface area contributed by atoms with Crippen LogP contribution in [0.15, 0.2) is 0 Å². The first-order chi connectivity index (χ1) is 15.7. The first kappa shape index (κ1) is 32.0. The highest BCUT2D eigenvalue weighted by Crippen LogP contribution is 2.46. The topological polar surface area (TPSA) is 51.2 Å². The average Bonchev–Trinajstić information content (AvgIpc) is 2.72. The number of rotatable bonds is 0. The molecule has 35 heavy (non-hydrogen) atoms. The normalized spacial score (nSPS) is 40.1. The molecule has 204 valence electrons. The van der Waals surface area contributed by atoms with E-state index in [-0.39, 0.29) is 28.1 Å². The van der Waals surface area contributed by atoms with Gasteiger partial charge in [-0.15, -0.1) is 0 Å². The molecule has 0 bridgehead atoms. The van der Waals surface area contributed by atoms with Crippen molar-refractivity contribution in [2.75, 3.05) is 0 Å². The molecule has 8 unspecified atom stereocenters. The van der Waals surface area contributed by atoms with Crippen molar-refractivity contribution in [3.8, 4) is 0 Å². The quantitative estimate of drug-likeness (QED) is 0.342. The van der Waals surface area contributed by atoms with Crippen molar-refractivity contribution < 1.29 is 14.4 Å². The largest absolute Gasteiger partial charge is 0.300 e. The van der Waals surface area contributed by atoms with E-state index in [1.807, 2.05) is 0 Å². The van der Waals surface area contributed by atoms with E-state index in [1.54, 1.807) is 0 Å². The number of hydrogen-bond acceptors (Lipinski definition) is 3. The lowest BCUT2D eigenvalue weighted by atomic mass is 9.59. The van der Waals surface area contributed by atoms with Crippen molar-refractivity contribution in [2.24, 2.45) is 63.6 Å². The van der Waals surface area contributed by atoms with Gasteiger partial charge in [0.2, 0.25) is 0 Å². The summed E-state index contributed by atoms with van der Waals surface area (Å²) < 4.78 is 0. The number of carbonyl (C=O) groups excluding carboxylic acids is 3. The molecule has 0 aromatic rings. The zero-order chi connectivity index (χ0) is 27.7. The molecule has 0 N–H and O–H groups in total. The highest BCUT2D eigenvalue weighted by Gasteiger charge is 2.43. The van der Waals surface area contributed by atoms with E-state index in [4.69, 9.17) is 0 Å². The molecule has 8 atom stereocenters. The molecule has 3 aliphatic carbocycles. The average molecular weight is 491 g/mol. The fourth-order valence-electron chi connectivity index (χ4n) is 6.47. The minimum atomic E-state index is 0.189. The monoisotopic (exact) mass is 490 g/mol. The highest BCUT2D eigenvalue weighted by atomic mass is 16.1. The molecule has 3 saturated carbocycles. The Balaban J connectivity index is 0.000000263. The molecule has 3 fully saturated rings. The van der Waals surface area contributed by atoms with E-state index >= 15 is 0 Å². The molecule has 0 amide bonds. The van der Waals surface area contributed by atoms with Crippen LogP contribution in [0, 0.1) is 63.6 Å². The third-order valence-corrected chi connectivity index (χ3v) is 11.4. The number of hydrogen-bond donors (Lipinski definition) is 0. The molecule has 3 aliphatic rings. The molecule has 0 heterocycles. The van der Waals surface area contributed by atoms with Crippen molar-refractivity contribution in [3.05, 3.63) is 0 Å². The SMILES string of the molecule is CC1C(=O)CC(C)(C)C(C)C1C.CC1CC(=O)C(C)C(C)(C)C1C.CC1CC(=O)CC(C)(C)C1C. The van der Waals surface area contributed by atoms with Crippen molar-refractivity contribution >= 4 is 17.3 Å². The Morgan fingerprint density at radius 1 is 0.571 bits per heavy atom. The number of carbonyl (C=O) groups is 3. The van der Waals surface area contributed by atoms with Crippen LogP contribution < -0.4 is 0 Å². The number of ketones is 3. The maximum atomic E-state index is 11.6. The van der Waals surface area contributed by atoms with E-state index in [2.05, 4.69) is 96.9 Å². The smallest absolute Gasteiger partial charge is 0.136 e. The van der Waals surface area contributed by atoms with E-state index < -0.39 is 0 Å². The Morgan fingerprint density at radius 3 is 1.51 bits per heavy atom. The van der Waals surface area contributed by atoms with Crippen molar-refractivity contribution in [3.63, 3.8) is 0 Å². The lowest BCUT2D eigenvalue weighted by molar-refractivity contribution is -0.134. The van der Waals surface area contributed by atoms with Crippen LogP contribution in [0.1, 0.15) is 123 Å². The van der Waals surface area contributed by atoms with Crippen molar-refractivity contribution in [1.29, 1.82) is 0 Å². The summed E-state index contributed by atoms with van der Waals surface area (Å²) in [7, 11) is 0. The molecule has 3 rings (SSSR count). The Bertz CT molecular complexity index is 757. The van der Waals surface area contributed by atoms with Crippen LogP contribution in [0.3, 0.4) is 0 Å². The molecule has 0 aliphatic heterocycles. The van der Waals surface area contributed by atoms with Gasteiger partial charge in [0.25, 0.3) is 0 Å². The van der Waals surface area contributed by atoms with Gasteiger partial charge in [-0.25, -0.2) is 0 Å². The maximum absolute atomic E-state index is 11.6. The molecule has 0 radical (unpaired) electrons. The van der Waals surface area contributed by atoms with Crippen LogP contribution >= 0.6 is 0 Å². The number of Topliss-reactive ketones (excluding diaryl/α,β-unsaturated/α-hetero) is 3. The Morgan fingerprint density at radius 2 is 1.03 bits per heavy atom. The molecule has 0 aromatic heterocycles. The minimum Gasteiger partial charge on any atom is -0.300 e. The van der Waals surface area contributed by atoms with Gasteiger partial charge >= 0.3 is 0 Å². The van der Waals surface area contributed by atoms with Gasteiger partial charge in [-0.05, 0) is 51.8 Å².